The fourth-order valence-electron chi connectivity index (χ4n) is 1.79. The highest BCUT2D eigenvalue weighted by molar-refractivity contribution is 7.99. The minimum atomic E-state index is 0.740. The topological polar surface area (TPSA) is 12.0 Å². The van der Waals surface area contributed by atoms with E-state index in [0.29, 0.717) is 0 Å². The minimum Gasteiger partial charge on any atom is -0.383 e. The summed E-state index contributed by atoms with van der Waals surface area (Å²) in [7, 11) is 0. The largest absolute Gasteiger partial charge is 0.383 e. The second-order valence-corrected chi connectivity index (χ2v) is 5.34. The highest BCUT2D eigenvalue weighted by Gasteiger charge is 2.09. The van der Waals surface area contributed by atoms with Gasteiger partial charge in [-0.2, -0.15) is 0 Å². The Morgan fingerprint density at radius 2 is 2.29 bits per heavy atom. The van der Waals surface area contributed by atoms with Crippen LogP contribution in [0.15, 0.2) is 23.1 Å². The van der Waals surface area contributed by atoms with Gasteiger partial charge in [0.05, 0.1) is 0 Å². The second kappa shape index (κ2) is 4.26. The lowest BCUT2D eigenvalue weighted by Gasteiger charge is -2.18. The Morgan fingerprint density at radius 1 is 1.43 bits per heavy atom. The van der Waals surface area contributed by atoms with Gasteiger partial charge in [-0.05, 0) is 30.0 Å². The van der Waals surface area contributed by atoms with E-state index in [1.165, 1.54) is 28.3 Å². The fourth-order valence-corrected chi connectivity index (χ4v) is 2.66. The maximum absolute atomic E-state index is 3.46. The summed E-state index contributed by atoms with van der Waals surface area (Å²) in [6.07, 6.45) is 1.18. The first-order valence-corrected chi connectivity index (χ1v) is 6.24. The van der Waals surface area contributed by atoms with Crippen LogP contribution < -0.4 is 5.32 Å². The average molecular weight is 207 g/mol. The van der Waals surface area contributed by atoms with Crippen LogP contribution in [0.25, 0.3) is 0 Å². The second-order valence-electron chi connectivity index (χ2n) is 4.20. The SMILES string of the molecule is CC(C)Cc1ccc2c(c1)NCCS2. The van der Waals surface area contributed by atoms with Crippen LogP contribution in [-0.2, 0) is 6.42 Å². The Hall–Kier alpha value is -0.630. The van der Waals surface area contributed by atoms with Crippen LogP contribution >= 0.6 is 11.8 Å². The lowest BCUT2D eigenvalue weighted by atomic mass is 10.0. The van der Waals surface area contributed by atoms with Crippen molar-refractivity contribution in [2.24, 2.45) is 5.92 Å². The van der Waals surface area contributed by atoms with E-state index in [9.17, 15) is 0 Å². The Labute approximate surface area is 90.3 Å². The van der Waals surface area contributed by atoms with Crippen molar-refractivity contribution in [1.82, 2.24) is 0 Å². The molecule has 0 saturated heterocycles. The van der Waals surface area contributed by atoms with Crippen LogP contribution in [-0.4, -0.2) is 12.3 Å². The van der Waals surface area contributed by atoms with Crippen molar-refractivity contribution in [3.63, 3.8) is 0 Å². The van der Waals surface area contributed by atoms with Crippen LogP contribution in [0, 0.1) is 5.92 Å². The molecule has 1 aromatic rings. The number of anilines is 1. The zero-order valence-corrected chi connectivity index (χ0v) is 9.66. The first kappa shape index (κ1) is 9.91. The molecule has 0 saturated carbocycles. The van der Waals surface area contributed by atoms with Gasteiger partial charge in [0, 0.05) is 22.9 Å². The molecule has 1 heterocycles. The Bertz CT molecular complexity index is 320. The highest BCUT2D eigenvalue weighted by Crippen LogP contribution is 2.31. The molecule has 1 N–H and O–H groups in total. The van der Waals surface area contributed by atoms with Crippen LogP contribution in [0.2, 0.25) is 0 Å². The molecule has 0 atom stereocenters. The summed E-state index contributed by atoms with van der Waals surface area (Å²) in [5.41, 5.74) is 2.79. The van der Waals surface area contributed by atoms with E-state index in [4.69, 9.17) is 0 Å². The van der Waals surface area contributed by atoms with Crippen molar-refractivity contribution in [3.05, 3.63) is 23.8 Å². The smallest absolute Gasteiger partial charge is 0.0481 e. The molecule has 0 aromatic heterocycles. The molecule has 0 amide bonds. The maximum atomic E-state index is 3.46. The minimum absolute atomic E-state index is 0.740. The normalized spacial score (nSPS) is 15.1. The standard InChI is InChI=1S/C12H17NS/c1-9(2)7-10-3-4-12-11(8-10)13-5-6-14-12/h3-4,8-9,13H,5-7H2,1-2H3. The average Bonchev–Trinajstić information content (AvgIpc) is 2.17. The van der Waals surface area contributed by atoms with E-state index in [1.54, 1.807) is 0 Å². The van der Waals surface area contributed by atoms with Crippen molar-refractivity contribution >= 4 is 17.4 Å². The summed E-state index contributed by atoms with van der Waals surface area (Å²) in [4.78, 5) is 1.41. The maximum Gasteiger partial charge on any atom is 0.0481 e. The number of hydrogen-bond donors (Lipinski definition) is 1. The molecule has 14 heavy (non-hydrogen) atoms. The van der Waals surface area contributed by atoms with Gasteiger partial charge in [0.1, 0.15) is 0 Å². The van der Waals surface area contributed by atoms with Crippen LogP contribution in [0.1, 0.15) is 19.4 Å². The molecule has 1 aliphatic rings. The summed E-state index contributed by atoms with van der Waals surface area (Å²) in [5, 5.41) is 3.46. The molecular formula is C12H17NS. The number of hydrogen-bond acceptors (Lipinski definition) is 2. The molecule has 0 aliphatic carbocycles. The molecule has 1 aromatic carbocycles. The lowest BCUT2D eigenvalue weighted by molar-refractivity contribution is 0.647. The van der Waals surface area contributed by atoms with Gasteiger partial charge in [-0.1, -0.05) is 19.9 Å². The van der Waals surface area contributed by atoms with E-state index in [0.717, 1.165) is 12.5 Å². The summed E-state index contributed by atoms with van der Waals surface area (Å²) < 4.78 is 0. The van der Waals surface area contributed by atoms with Gasteiger partial charge in [-0.3, -0.25) is 0 Å². The predicted molar refractivity (Wildman–Crippen MR) is 64.2 cm³/mol. The lowest BCUT2D eigenvalue weighted by Crippen LogP contribution is -2.10. The number of fused-ring (bicyclic) bond motifs is 1. The van der Waals surface area contributed by atoms with Gasteiger partial charge in [0.25, 0.3) is 0 Å². The first-order valence-electron chi connectivity index (χ1n) is 5.25. The van der Waals surface area contributed by atoms with Crippen LogP contribution in [0.3, 0.4) is 0 Å². The van der Waals surface area contributed by atoms with E-state index < -0.39 is 0 Å². The molecule has 0 unspecified atom stereocenters. The van der Waals surface area contributed by atoms with Gasteiger partial charge in [-0.25, -0.2) is 0 Å². The molecule has 2 rings (SSSR count). The molecule has 2 heteroatoms. The monoisotopic (exact) mass is 207 g/mol. The van der Waals surface area contributed by atoms with E-state index in [-0.39, 0.29) is 0 Å². The molecule has 0 bridgehead atoms. The molecule has 0 spiro atoms. The predicted octanol–water partition coefficient (Wildman–Crippen LogP) is 3.40. The molecular weight excluding hydrogens is 190 g/mol. The van der Waals surface area contributed by atoms with Crippen molar-refractivity contribution < 1.29 is 0 Å². The summed E-state index contributed by atoms with van der Waals surface area (Å²) in [6.45, 7) is 5.63. The fraction of sp³-hybridized carbons (Fsp3) is 0.500. The molecule has 1 nitrogen and oxygen atoms in total. The third-order valence-corrected chi connectivity index (χ3v) is 3.44. The third kappa shape index (κ3) is 2.24. The number of thioether (sulfide) groups is 1. The van der Waals surface area contributed by atoms with E-state index in [1.807, 2.05) is 11.8 Å². The summed E-state index contributed by atoms with van der Waals surface area (Å²) in [5.74, 6) is 1.93. The first-order chi connectivity index (χ1) is 6.75. The Balaban J connectivity index is 2.20. The summed E-state index contributed by atoms with van der Waals surface area (Å²) in [6, 6.07) is 6.82. The van der Waals surface area contributed by atoms with Gasteiger partial charge < -0.3 is 5.32 Å². The van der Waals surface area contributed by atoms with Crippen molar-refractivity contribution in [2.75, 3.05) is 17.6 Å². The van der Waals surface area contributed by atoms with Crippen molar-refractivity contribution in [2.45, 2.75) is 25.2 Å². The van der Waals surface area contributed by atoms with E-state index >= 15 is 0 Å². The van der Waals surface area contributed by atoms with E-state index in [2.05, 4.69) is 37.4 Å². The van der Waals surface area contributed by atoms with Crippen molar-refractivity contribution in [3.8, 4) is 0 Å². The van der Waals surface area contributed by atoms with Gasteiger partial charge in [0.15, 0.2) is 0 Å². The van der Waals surface area contributed by atoms with Crippen LogP contribution in [0.5, 0.6) is 0 Å². The van der Waals surface area contributed by atoms with Gasteiger partial charge >= 0.3 is 0 Å². The molecule has 0 fully saturated rings. The summed E-state index contributed by atoms with van der Waals surface area (Å²) >= 11 is 1.95. The molecule has 76 valence electrons. The number of nitrogens with one attached hydrogen (secondary N) is 1. The molecule has 0 radical (unpaired) electrons. The number of benzene rings is 1. The van der Waals surface area contributed by atoms with Gasteiger partial charge in [0.2, 0.25) is 0 Å². The zero-order chi connectivity index (χ0) is 9.97. The van der Waals surface area contributed by atoms with Crippen molar-refractivity contribution in [1.29, 1.82) is 0 Å². The van der Waals surface area contributed by atoms with Crippen LogP contribution in [0.4, 0.5) is 5.69 Å². The Morgan fingerprint density at radius 3 is 3.07 bits per heavy atom. The highest BCUT2D eigenvalue weighted by atomic mass is 32.2. The quantitative estimate of drug-likeness (QED) is 0.797. The van der Waals surface area contributed by atoms with Gasteiger partial charge in [-0.15, -0.1) is 11.8 Å². The zero-order valence-electron chi connectivity index (χ0n) is 8.84. The number of rotatable bonds is 2. The third-order valence-electron chi connectivity index (χ3n) is 2.36. The molecule has 1 aliphatic heterocycles. The Kier molecular flexibility index (Phi) is 3.02.